The second kappa shape index (κ2) is 8.46. The van der Waals surface area contributed by atoms with Crippen LogP contribution in [0.1, 0.15) is 6.92 Å². The largest absolute Gasteiger partial charge is 0.355 e. The Labute approximate surface area is 125 Å². The molecule has 1 amide bonds. The molecule has 1 unspecified atom stereocenters. The summed E-state index contributed by atoms with van der Waals surface area (Å²) in [6.07, 6.45) is 0. The highest BCUT2D eigenvalue weighted by molar-refractivity contribution is 7.99. The van der Waals surface area contributed by atoms with Crippen LogP contribution in [0, 0.1) is 11.8 Å². The third-order valence-corrected chi connectivity index (χ3v) is 4.39. The number of rotatable bonds is 6. The van der Waals surface area contributed by atoms with Gasteiger partial charge in [-0.1, -0.05) is 25.1 Å². The van der Waals surface area contributed by atoms with Crippen molar-refractivity contribution < 1.29 is 4.79 Å². The second-order valence-electron chi connectivity index (χ2n) is 4.79. The van der Waals surface area contributed by atoms with Crippen molar-refractivity contribution in [3.8, 4) is 0 Å². The van der Waals surface area contributed by atoms with E-state index >= 15 is 0 Å². The fraction of sp³-hybridized carbons (Fsp3) is 0.500. The standard InChI is InChI=1S/C14H20N2OS.ClH/c1-11(10-18-13-5-3-2-4-6-13)14(17)16-9-12-7-15-8-12;/h2-6,11-12,15H,7-10H2,1H3,(H,16,17);1H. The SMILES string of the molecule is CC(CSc1ccccc1)C(=O)NCC1CNC1.Cl. The van der Waals surface area contributed by atoms with Crippen LogP contribution in [0.2, 0.25) is 0 Å². The molecule has 19 heavy (non-hydrogen) atoms. The first-order valence-corrected chi connectivity index (χ1v) is 7.40. The zero-order chi connectivity index (χ0) is 12.8. The number of carbonyl (C=O) groups excluding carboxylic acids is 1. The maximum absolute atomic E-state index is 11.9. The van der Waals surface area contributed by atoms with Crippen molar-refractivity contribution in [1.82, 2.24) is 10.6 Å². The molecule has 0 bridgehead atoms. The zero-order valence-corrected chi connectivity index (χ0v) is 12.7. The molecule has 1 aromatic rings. The van der Waals surface area contributed by atoms with Gasteiger partial charge in [0.25, 0.3) is 0 Å². The molecule has 0 saturated carbocycles. The summed E-state index contributed by atoms with van der Waals surface area (Å²) in [5.74, 6) is 1.69. The Bertz CT molecular complexity index is 384. The number of hydrogen-bond donors (Lipinski definition) is 2. The van der Waals surface area contributed by atoms with E-state index < -0.39 is 0 Å². The zero-order valence-electron chi connectivity index (χ0n) is 11.1. The van der Waals surface area contributed by atoms with Crippen molar-refractivity contribution in [2.75, 3.05) is 25.4 Å². The summed E-state index contributed by atoms with van der Waals surface area (Å²) in [5.41, 5.74) is 0. The van der Waals surface area contributed by atoms with E-state index in [1.807, 2.05) is 25.1 Å². The normalized spacial score (nSPS) is 16.1. The molecule has 1 fully saturated rings. The second-order valence-corrected chi connectivity index (χ2v) is 5.89. The van der Waals surface area contributed by atoms with E-state index in [2.05, 4.69) is 22.8 Å². The molecular formula is C14H21ClN2OS. The molecular weight excluding hydrogens is 280 g/mol. The Kier molecular flexibility index (Phi) is 7.28. The van der Waals surface area contributed by atoms with Crippen LogP contribution in [0.3, 0.4) is 0 Å². The molecule has 1 saturated heterocycles. The molecule has 1 atom stereocenters. The summed E-state index contributed by atoms with van der Waals surface area (Å²) in [6, 6.07) is 10.2. The molecule has 1 aliphatic rings. The fourth-order valence-electron chi connectivity index (χ4n) is 1.73. The molecule has 2 N–H and O–H groups in total. The Hall–Kier alpha value is -0.710. The van der Waals surface area contributed by atoms with Gasteiger partial charge in [-0.2, -0.15) is 0 Å². The van der Waals surface area contributed by atoms with E-state index in [-0.39, 0.29) is 24.2 Å². The summed E-state index contributed by atoms with van der Waals surface area (Å²) >= 11 is 1.74. The fourth-order valence-corrected chi connectivity index (χ4v) is 2.67. The third kappa shape index (κ3) is 5.43. The highest BCUT2D eigenvalue weighted by atomic mass is 35.5. The van der Waals surface area contributed by atoms with Crippen molar-refractivity contribution in [2.45, 2.75) is 11.8 Å². The Morgan fingerprint density at radius 2 is 2.11 bits per heavy atom. The molecule has 2 rings (SSSR count). The number of amides is 1. The molecule has 5 heteroatoms. The number of carbonyl (C=O) groups is 1. The topological polar surface area (TPSA) is 41.1 Å². The van der Waals surface area contributed by atoms with Crippen LogP contribution in [0.15, 0.2) is 35.2 Å². The number of halogens is 1. The minimum Gasteiger partial charge on any atom is -0.355 e. The van der Waals surface area contributed by atoms with E-state index in [9.17, 15) is 4.79 Å². The maximum atomic E-state index is 11.9. The van der Waals surface area contributed by atoms with Gasteiger partial charge in [-0.3, -0.25) is 4.79 Å². The van der Waals surface area contributed by atoms with E-state index in [1.165, 1.54) is 4.90 Å². The van der Waals surface area contributed by atoms with Crippen molar-refractivity contribution in [3.63, 3.8) is 0 Å². The summed E-state index contributed by atoms with van der Waals surface area (Å²) in [7, 11) is 0. The van der Waals surface area contributed by atoms with Gasteiger partial charge in [0.15, 0.2) is 0 Å². The van der Waals surface area contributed by atoms with Gasteiger partial charge in [0.05, 0.1) is 0 Å². The number of benzene rings is 1. The molecule has 0 radical (unpaired) electrons. The predicted molar refractivity (Wildman–Crippen MR) is 82.9 cm³/mol. The lowest BCUT2D eigenvalue weighted by atomic mass is 10.0. The van der Waals surface area contributed by atoms with Gasteiger partial charge < -0.3 is 10.6 Å². The van der Waals surface area contributed by atoms with Gasteiger partial charge in [-0.25, -0.2) is 0 Å². The average molecular weight is 301 g/mol. The molecule has 0 aromatic heterocycles. The van der Waals surface area contributed by atoms with Crippen molar-refractivity contribution in [1.29, 1.82) is 0 Å². The van der Waals surface area contributed by atoms with Gasteiger partial charge in [-0.05, 0) is 12.1 Å². The molecule has 3 nitrogen and oxygen atoms in total. The van der Waals surface area contributed by atoms with Crippen LogP contribution in [0.5, 0.6) is 0 Å². The first-order valence-electron chi connectivity index (χ1n) is 6.42. The van der Waals surface area contributed by atoms with Crippen LogP contribution in [0.25, 0.3) is 0 Å². The predicted octanol–water partition coefficient (Wildman–Crippen LogP) is 2.17. The number of nitrogens with one attached hydrogen (secondary N) is 2. The first kappa shape index (κ1) is 16.3. The average Bonchev–Trinajstić information content (AvgIpc) is 2.35. The monoisotopic (exact) mass is 300 g/mol. The summed E-state index contributed by atoms with van der Waals surface area (Å²) in [4.78, 5) is 13.1. The Morgan fingerprint density at radius 3 is 2.68 bits per heavy atom. The van der Waals surface area contributed by atoms with Crippen LogP contribution in [-0.2, 0) is 4.79 Å². The smallest absolute Gasteiger partial charge is 0.223 e. The number of thioether (sulfide) groups is 1. The van der Waals surface area contributed by atoms with Crippen LogP contribution < -0.4 is 10.6 Å². The Morgan fingerprint density at radius 1 is 1.42 bits per heavy atom. The minimum atomic E-state index is 0. The van der Waals surface area contributed by atoms with E-state index in [4.69, 9.17) is 0 Å². The van der Waals surface area contributed by atoms with Gasteiger partial charge in [0, 0.05) is 42.1 Å². The molecule has 1 aromatic carbocycles. The van der Waals surface area contributed by atoms with Crippen molar-refractivity contribution in [3.05, 3.63) is 30.3 Å². The summed E-state index contributed by atoms with van der Waals surface area (Å²) in [6.45, 7) is 4.87. The first-order chi connectivity index (χ1) is 8.75. The van der Waals surface area contributed by atoms with Gasteiger partial charge in [-0.15, -0.1) is 24.2 Å². The quantitative estimate of drug-likeness (QED) is 0.791. The summed E-state index contributed by atoms with van der Waals surface area (Å²) in [5, 5.41) is 6.23. The molecule has 0 aliphatic carbocycles. The third-order valence-electron chi connectivity index (χ3n) is 3.12. The lowest BCUT2D eigenvalue weighted by Crippen LogP contribution is -2.48. The van der Waals surface area contributed by atoms with Crippen molar-refractivity contribution >= 4 is 30.1 Å². The Balaban J connectivity index is 0.00000180. The van der Waals surface area contributed by atoms with Gasteiger partial charge in [0.2, 0.25) is 5.91 Å². The lowest BCUT2D eigenvalue weighted by molar-refractivity contribution is -0.124. The van der Waals surface area contributed by atoms with E-state index in [1.54, 1.807) is 11.8 Å². The lowest BCUT2D eigenvalue weighted by Gasteiger charge is -2.27. The molecule has 1 heterocycles. The molecule has 1 aliphatic heterocycles. The van der Waals surface area contributed by atoms with Gasteiger partial charge >= 0.3 is 0 Å². The summed E-state index contributed by atoms with van der Waals surface area (Å²) < 4.78 is 0. The molecule has 0 spiro atoms. The van der Waals surface area contributed by atoms with E-state index in [0.29, 0.717) is 5.92 Å². The number of hydrogen-bond acceptors (Lipinski definition) is 3. The highest BCUT2D eigenvalue weighted by Crippen LogP contribution is 2.20. The van der Waals surface area contributed by atoms with Crippen LogP contribution in [-0.4, -0.2) is 31.3 Å². The van der Waals surface area contributed by atoms with Gasteiger partial charge in [0.1, 0.15) is 0 Å². The maximum Gasteiger partial charge on any atom is 0.223 e. The van der Waals surface area contributed by atoms with E-state index in [0.717, 1.165) is 25.4 Å². The molecule has 106 valence electrons. The minimum absolute atomic E-state index is 0. The van der Waals surface area contributed by atoms with Crippen molar-refractivity contribution in [2.24, 2.45) is 11.8 Å². The highest BCUT2D eigenvalue weighted by Gasteiger charge is 2.19. The van der Waals surface area contributed by atoms with Crippen LogP contribution >= 0.6 is 24.2 Å². The van der Waals surface area contributed by atoms with Crippen LogP contribution in [0.4, 0.5) is 0 Å².